The summed E-state index contributed by atoms with van der Waals surface area (Å²) in [5, 5.41) is 2.93. The third-order valence-corrected chi connectivity index (χ3v) is 5.64. The summed E-state index contributed by atoms with van der Waals surface area (Å²) >= 11 is 0. The number of rotatable bonds is 4. The second-order valence-electron chi connectivity index (χ2n) is 7.53. The highest BCUT2D eigenvalue weighted by molar-refractivity contribution is 5.94. The number of nitrogens with one attached hydrogen (secondary N) is 1. The molecule has 0 aliphatic carbocycles. The predicted octanol–water partition coefficient (Wildman–Crippen LogP) is 1.34. The van der Waals surface area contributed by atoms with E-state index in [9.17, 15) is 14.4 Å². The van der Waals surface area contributed by atoms with Gasteiger partial charge in [-0.1, -0.05) is 0 Å². The molecule has 2 saturated heterocycles. The minimum Gasteiger partial charge on any atom is -0.343 e. The number of aromatic amines is 1. The van der Waals surface area contributed by atoms with Gasteiger partial charge in [-0.2, -0.15) is 0 Å². The maximum atomic E-state index is 13.1. The van der Waals surface area contributed by atoms with Gasteiger partial charge in [-0.25, -0.2) is 9.50 Å². The molecule has 0 aromatic carbocycles. The van der Waals surface area contributed by atoms with Gasteiger partial charge in [0.15, 0.2) is 5.65 Å². The Morgan fingerprint density at radius 3 is 2.89 bits per heavy atom. The van der Waals surface area contributed by atoms with Crippen molar-refractivity contribution in [2.75, 3.05) is 19.6 Å². The molecule has 4 rings (SSSR count). The first-order valence-corrected chi connectivity index (χ1v) is 9.71. The van der Waals surface area contributed by atoms with Crippen molar-refractivity contribution in [3.63, 3.8) is 0 Å². The van der Waals surface area contributed by atoms with Gasteiger partial charge in [0.1, 0.15) is 5.56 Å². The molecule has 144 valence electrons. The number of carbonyl (C=O) groups is 2. The monoisotopic (exact) mass is 371 g/mol. The van der Waals surface area contributed by atoms with E-state index in [0.29, 0.717) is 25.2 Å². The van der Waals surface area contributed by atoms with Gasteiger partial charge in [0.2, 0.25) is 5.91 Å². The average molecular weight is 371 g/mol. The number of aryl methyl sites for hydroxylation is 1. The molecule has 4 heterocycles. The number of aromatic nitrogens is 3. The van der Waals surface area contributed by atoms with Crippen molar-refractivity contribution >= 4 is 17.5 Å². The fraction of sp³-hybridized carbons (Fsp3) is 0.579. The number of carbonyl (C=O) groups excluding carboxylic acids is 2. The number of H-pyrrole nitrogens is 1. The molecular formula is C19H25N5O3. The standard InChI is InChI=1S/C19H25N5O3/c1-13-11-16-20-12-15(19(27)24(16)21-13)18(26)23-9-3-2-5-14(23)7-10-22-8-4-6-17(22)25/h11-12,14,21H,2-10H2,1H3/t14-/m0/s1. The Balaban J connectivity index is 1.54. The number of hydrogen-bond acceptors (Lipinski definition) is 4. The number of nitrogens with zero attached hydrogens (tertiary/aromatic N) is 4. The van der Waals surface area contributed by atoms with E-state index in [1.165, 1.54) is 10.7 Å². The highest BCUT2D eigenvalue weighted by Crippen LogP contribution is 2.22. The van der Waals surface area contributed by atoms with Crippen LogP contribution in [0.2, 0.25) is 0 Å². The molecule has 2 amide bonds. The lowest BCUT2D eigenvalue weighted by molar-refractivity contribution is -0.127. The zero-order valence-corrected chi connectivity index (χ0v) is 15.6. The van der Waals surface area contributed by atoms with Crippen molar-refractivity contribution in [2.45, 2.75) is 51.5 Å². The fourth-order valence-electron chi connectivity index (χ4n) is 4.20. The van der Waals surface area contributed by atoms with E-state index in [0.717, 1.165) is 44.3 Å². The van der Waals surface area contributed by atoms with Crippen LogP contribution in [0.4, 0.5) is 0 Å². The van der Waals surface area contributed by atoms with Gasteiger partial charge in [-0.15, -0.1) is 0 Å². The van der Waals surface area contributed by atoms with Crippen molar-refractivity contribution in [1.82, 2.24) is 24.4 Å². The van der Waals surface area contributed by atoms with Gasteiger partial charge in [-0.05, 0) is 39.0 Å². The average Bonchev–Trinajstić information content (AvgIpc) is 3.25. The van der Waals surface area contributed by atoms with Crippen LogP contribution >= 0.6 is 0 Å². The summed E-state index contributed by atoms with van der Waals surface area (Å²) < 4.78 is 1.32. The van der Waals surface area contributed by atoms with Crippen LogP contribution in [0.3, 0.4) is 0 Å². The Kier molecular flexibility index (Phi) is 4.72. The van der Waals surface area contributed by atoms with Gasteiger partial charge in [0, 0.05) is 50.1 Å². The lowest BCUT2D eigenvalue weighted by Gasteiger charge is -2.36. The molecule has 2 aliphatic heterocycles. The lowest BCUT2D eigenvalue weighted by atomic mass is 9.98. The molecule has 1 N–H and O–H groups in total. The maximum absolute atomic E-state index is 13.1. The smallest absolute Gasteiger partial charge is 0.285 e. The molecular weight excluding hydrogens is 346 g/mol. The molecule has 8 nitrogen and oxygen atoms in total. The molecule has 1 atom stereocenters. The Bertz CT molecular complexity index is 931. The van der Waals surface area contributed by atoms with Crippen LogP contribution in [0.15, 0.2) is 17.1 Å². The molecule has 2 aromatic heterocycles. The van der Waals surface area contributed by atoms with Gasteiger partial charge >= 0.3 is 0 Å². The van der Waals surface area contributed by atoms with Crippen LogP contribution in [0, 0.1) is 6.92 Å². The Hall–Kier alpha value is -2.64. The van der Waals surface area contributed by atoms with Crippen molar-refractivity contribution < 1.29 is 9.59 Å². The van der Waals surface area contributed by atoms with E-state index in [1.807, 2.05) is 16.7 Å². The zero-order chi connectivity index (χ0) is 19.0. The Morgan fingerprint density at radius 2 is 2.11 bits per heavy atom. The summed E-state index contributed by atoms with van der Waals surface area (Å²) in [5.41, 5.74) is 1.06. The molecule has 0 spiro atoms. The Labute approximate surface area is 157 Å². The van der Waals surface area contributed by atoms with E-state index in [2.05, 4.69) is 10.1 Å². The highest BCUT2D eigenvalue weighted by Gasteiger charge is 2.30. The van der Waals surface area contributed by atoms with Crippen molar-refractivity contribution in [1.29, 1.82) is 0 Å². The summed E-state index contributed by atoms with van der Waals surface area (Å²) in [6.45, 7) is 3.98. The SMILES string of the molecule is Cc1cc2ncc(C(=O)N3CCCC[C@H]3CCN3CCCC3=O)c(=O)n2[nH]1. The molecule has 27 heavy (non-hydrogen) atoms. The highest BCUT2D eigenvalue weighted by atomic mass is 16.2. The summed E-state index contributed by atoms with van der Waals surface area (Å²) in [4.78, 5) is 45.7. The predicted molar refractivity (Wildman–Crippen MR) is 99.7 cm³/mol. The third kappa shape index (κ3) is 3.36. The van der Waals surface area contributed by atoms with E-state index in [4.69, 9.17) is 0 Å². The number of hydrogen-bond donors (Lipinski definition) is 1. The maximum Gasteiger partial charge on any atom is 0.285 e. The van der Waals surface area contributed by atoms with Crippen LogP contribution in [0.25, 0.3) is 5.65 Å². The van der Waals surface area contributed by atoms with Crippen LogP contribution in [0.1, 0.15) is 54.6 Å². The Morgan fingerprint density at radius 1 is 1.26 bits per heavy atom. The van der Waals surface area contributed by atoms with Crippen LogP contribution < -0.4 is 5.56 Å². The van der Waals surface area contributed by atoms with Gasteiger partial charge in [0.25, 0.3) is 11.5 Å². The van der Waals surface area contributed by atoms with Crippen LogP contribution in [-0.4, -0.2) is 61.9 Å². The van der Waals surface area contributed by atoms with Gasteiger partial charge < -0.3 is 9.80 Å². The fourth-order valence-corrected chi connectivity index (χ4v) is 4.20. The first-order valence-electron chi connectivity index (χ1n) is 9.71. The molecule has 0 radical (unpaired) electrons. The quantitative estimate of drug-likeness (QED) is 0.878. The second-order valence-corrected chi connectivity index (χ2v) is 7.53. The molecule has 8 heteroatoms. The van der Waals surface area contributed by atoms with E-state index in [-0.39, 0.29) is 29.0 Å². The molecule has 2 aliphatic rings. The van der Waals surface area contributed by atoms with E-state index < -0.39 is 0 Å². The molecule has 0 bridgehead atoms. The second kappa shape index (κ2) is 7.17. The lowest BCUT2D eigenvalue weighted by Crippen LogP contribution is -2.47. The van der Waals surface area contributed by atoms with Crippen molar-refractivity contribution in [2.24, 2.45) is 0 Å². The first kappa shape index (κ1) is 17.8. The number of piperidine rings is 1. The molecule has 2 aromatic rings. The summed E-state index contributed by atoms with van der Waals surface area (Å²) in [6, 6.07) is 1.83. The minimum atomic E-state index is -0.364. The van der Waals surface area contributed by atoms with E-state index in [1.54, 1.807) is 6.07 Å². The topological polar surface area (TPSA) is 90.8 Å². The summed E-state index contributed by atoms with van der Waals surface area (Å²) in [7, 11) is 0. The minimum absolute atomic E-state index is 0.0603. The molecule has 0 unspecified atom stereocenters. The number of amides is 2. The summed E-state index contributed by atoms with van der Waals surface area (Å²) in [6.07, 6.45) is 6.61. The van der Waals surface area contributed by atoms with Crippen LogP contribution in [-0.2, 0) is 4.79 Å². The van der Waals surface area contributed by atoms with Crippen molar-refractivity contribution in [3.05, 3.63) is 33.9 Å². The van der Waals surface area contributed by atoms with Crippen molar-refractivity contribution in [3.8, 4) is 0 Å². The first-order chi connectivity index (χ1) is 13.0. The normalized spacial score (nSPS) is 20.6. The molecule has 0 saturated carbocycles. The zero-order valence-electron chi connectivity index (χ0n) is 15.6. The van der Waals surface area contributed by atoms with Gasteiger partial charge in [0.05, 0.1) is 0 Å². The van der Waals surface area contributed by atoms with Crippen LogP contribution in [0.5, 0.6) is 0 Å². The number of fused-ring (bicyclic) bond motifs is 1. The summed E-state index contributed by atoms with van der Waals surface area (Å²) in [5.74, 6) is -0.0506. The molecule has 2 fully saturated rings. The van der Waals surface area contributed by atoms with E-state index >= 15 is 0 Å². The van der Waals surface area contributed by atoms with Gasteiger partial charge in [-0.3, -0.25) is 19.5 Å². The number of likely N-dealkylation sites (tertiary alicyclic amines) is 2. The largest absolute Gasteiger partial charge is 0.343 e. The third-order valence-electron chi connectivity index (χ3n) is 5.64.